The van der Waals surface area contributed by atoms with Crippen molar-refractivity contribution in [3.8, 4) is 5.75 Å². The molecule has 0 aliphatic rings. The summed E-state index contributed by atoms with van der Waals surface area (Å²) < 4.78 is 5.17. The first-order valence-corrected chi connectivity index (χ1v) is 6.08. The number of nitro groups is 1. The normalized spacial score (nSPS) is 10.1. The van der Waals surface area contributed by atoms with Gasteiger partial charge in [0, 0.05) is 12.1 Å². The topological polar surface area (TPSA) is 69.4 Å². The van der Waals surface area contributed by atoms with Crippen molar-refractivity contribution in [1.82, 2.24) is 0 Å². The molecule has 2 aromatic carbocycles. The van der Waals surface area contributed by atoms with Gasteiger partial charge in [0.15, 0.2) is 0 Å². The predicted molar refractivity (Wildman–Crippen MR) is 74.2 cm³/mol. The second-order valence-electron chi connectivity index (χ2n) is 4.13. The fraction of sp³-hybridized carbons (Fsp3) is 0.0714. The van der Waals surface area contributed by atoms with Crippen LogP contribution in [0.25, 0.3) is 0 Å². The van der Waals surface area contributed by atoms with Crippen molar-refractivity contribution in [2.75, 3.05) is 0 Å². The number of carbonyl (C=O) groups is 1. The van der Waals surface area contributed by atoms with Crippen LogP contribution < -0.4 is 4.74 Å². The zero-order valence-electron chi connectivity index (χ0n) is 10.5. The molecule has 6 heteroatoms. The van der Waals surface area contributed by atoms with Gasteiger partial charge in [-0.2, -0.15) is 0 Å². The SMILES string of the molecule is Cc1cccc(OC(=O)c2ccc([N+](=O)[O-])cc2Cl)c1. The molecular formula is C14H10ClNO4. The van der Waals surface area contributed by atoms with Gasteiger partial charge < -0.3 is 4.74 Å². The molecule has 0 heterocycles. The number of carbonyl (C=O) groups excluding carboxylic acids is 1. The van der Waals surface area contributed by atoms with E-state index in [0.717, 1.165) is 11.6 Å². The molecule has 0 aliphatic carbocycles. The summed E-state index contributed by atoms with van der Waals surface area (Å²) in [6.45, 7) is 1.87. The molecule has 0 atom stereocenters. The van der Waals surface area contributed by atoms with Crippen LogP contribution in [0.3, 0.4) is 0 Å². The maximum absolute atomic E-state index is 12.0. The molecule has 0 saturated heterocycles. The second kappa shape index (κ2) is 5.71. The average Bonchev–Trinajstić information content (AvgIpc) is 2.38. The molecule has 5 nitrogen and oxygen atoms in total. The van der Waals surface area contributed by atoms with Gasteiger partial charge in [-0.1, -0.05) is 23.7 Å². The lowest BCUT2D eigenvalue weighted by atomic mass is 10.2. The van der Waals surface area contributed by atoms with Crippen LogP contribution in [-0.2, 0) is 0 Å². The number of halogens is 1. The summed E-state index contributed by atoms with van der Waals surface area (Å²) in [4.78, 5) is 22.0. The van der Waals surface area contributed by atoms with Gasteiger partial charge in [-0.25, -0.2) is 4.79 Å². The molecule has 0 bridgehead atoms. The van der Waals surface area contributed by atoms with Crippen LogP contribution in [0.1, 0.15) is 15.9 Å². The Balaban J connectivity index is 2.23. The van der Waals surface area contributed by atoms with Crippen molar-refractivity contribution in [3.05, 3.63) is 68.7 Å². The first-order valence-electron chi connectivity index (χ1n) is 5.70. The van der Waals surface area contributed by atoms with Crippen molar-refractivity contribution < 1.29 is 14.5 Å². The van der Waals surface area contributed by atoms with Gasteiger partial charge in [-0.05, 0) is 30.7 Å². The van der Waals surface area contributed by atoms with E-state index in [1.54, 1.807) is 18.2 Å². The monoisotopic (exact) mass is 291 g/mol. The van der Waals surface area contributed by atoms with E-state index in [9.17, 15) is 14.9 Å². The Bertz CT molecular complexity index is 685. The standard InChI is InChI=1S/C14H10ClNO4/c1-9-3-2-4-11(7-9)20-14(17)12-6-5-10(16(18)19)8-13(12)15/h2-8H,1H3. The summed E-state index contributed by atoms with van der Waals surface area (Å²) in [5.41, 5.74) is 0.853. The first-order chi connectivity index (χ1) is 9.47. The van der Waals surface area contributed by atoms with Crippen LogP contribution in [0.5, 0.6) is 5.75 Å². The minimum Gasteiger partial charge on any atom is -0.423 e. The zero-order valence-corrected chi connectivity index (χ0v) is 11.3. The molecule has 0 spiro atoms. The van der Waals surface area contributed by atoms with E-state index >= 15 is 0 Å². The highest BCUT2D eigenvalue weighted by Crippen LogP contribution is 2.24. The Labute approximate surface area is 119 Å². The van der Waals surface area contributed by atoms with Crippen LogP contribution in [0.4, 0.5) is 5.69 Å². The van der Waals surface area contributed by atoms with Crippen molar-refractivity contribution in [2.45, 2.75) is 6.92 Å². The van der Waals surface area contributed by atoms with Crippen LogP contribution in [0.2, 0.25) is 5.02 Å². The first kappa shape index (κ1) is 14.0. The number of rotatable bonds is 3. The number of hydrogen-bond acceptors (Lipinski definition) is 4. The van der Waals surface area contributed by atoms with Crippen LogP contribution in [0.15, 0.2) is 42.5 Å². The van der Waals surface area contributed by atoms with Crippen LogP contribution >= 0.6 is 11.6 Å². The van der Waals surface area contributed by atoms with Gasteiger partial charge in [0.1, 0.15) is 5.75 Å². The Morgan fingerprint density at radius 3 is 2.60 bits per heavy atom. The van der Waals surface area contributed by atoms with E-state index in [1.165, 1.54) is 12.1 Å². The van der Waals surface area contributed by atoms with Gasteiger partial charge in [-0.3, -0.25) is 10.1 Å². The Hall–Kier alpha value is -2.40. The fourth-order valence-corrected chi connectivity index (χ4v) is 1.88. The van der Waals surface area contributed by atoms with E-state index in [0.29, 0.717) is 5.75 Å². The Kier molecular flexibility index (Phi) is 4.00. The van der Waals surface area contributed by atoms with Gasteiger partial charge in [0.2, 0.25) is 0 Å². The average molecular weight is 292 g/mol. The molecule has 0 unspecified atom stereocenters. The molecule has 0 aliphatic heterocycles. The second-order valence-corrected chi connectivity index (χ2v) is 4.53. The van der Waals surface area contributed by atoms with Gasteiger partial charge in [-0.15, -0.1) is 0 Å². The van der Waals surface area contributed by atoms with E-state index in [1.807, 2.05) is 13.0 Å². The molecule has 0 amide bonds. The highest BCUT2D eigenvalue weighted by atomic mass is 35.5. The minimum atomic E-state index is -0.657. The third-order valence-electron chi connectivity index (χ3n) is 2.58. The number of hydrogen-bond donors (Lipinski definition) is 0. The van der Waals surface area contributed by atoms with Crippen molar-refractivity contribution >= 4 is 23.3 Å². The molecule has 102 valence electrons. The predicted octanol–water partition coefficient (Wildman–Crippen LogP) is 3.78. The number of non-ortho nitro benzene ring substituents is 1. The quantitative estimate of drug-likeness (QED) is 0.373. The maximum atomic E-state index is 12.0. The van der Waals surface area contributed by atoms with Gasteiger partial charge in [0.05, 0.1) is 15.5 Å². The Morgan fingerprint density at radius 1 is 1.25 bits per heavy atom. The lowest BCUT2D eigenvalue weighted by molar-refractivity contribution is -0.384. The zero-order chi connectivity index (χ0) is 14.7. The number of aryl methyl sites for hydroxylation is 1. The maximum Gasteiger partial charge on any atom is 0.345 e. The largest absolute Gasteiger partial charge is 0.423 e. The van der Waals surface area contributed by atoms with Crippen LogP contribution in [0, 0.1) is 17.0 Å². The van der Waals surface area contributed by atoms with Crippen molar-refractivity contribution in [2.24, 2.45) is 0 Å². The summed E-state index contributed by atoms with van der Waals surface area (Å²) >= 11 is 5.86. The number of benzene rings is 2. The van der Waals surface area contributed by atoms with Crippen molar-refractivity contribution in [3.63, 3.8) is 0 Å². The molecule has 2 aromatic rings. The van der Waals surface area contributed by atoms with E-state index in [4.69, 9.17) is 16.3 Å². The van der Waals surface area contributed by atoms with Crippen LogP contribution in [-0.4, -0.2) is 10.9 Å². The molecule has 0 N–H and O–H groups in total. The molecule has 0 fully saturated rings. The summed E-state index contributed by atoms with van der Waals surface area (Å²) in [6, 6.07) is 10.6. The molecule has 2 rings (SSSR count). The third kappa shape index (κ3) is 3.13. The lowest BCUT2D eigenvalue weighted by Gasteiger charge is -2.06. The van der Waals surface area contributed by atoms with Crippen molar-refractivity contribution in [1.29, 1.82) is 0 Å². The number of nitrogens with zero attached hydrogens (tertiary/aromatic N) is 1. The minimum absolute atomic E-state index is 0.0168. The molecule has 0 aromatic heterocycles. The van der Waals surface area contributed by atoms with E-state index in [2.05, 4.69) is 0 Å². The number of nitro benzene ring substituents is 1. The smallest absolute Gasteiger partial charge is 0.345 e. The highest BCUT2D eigenvalue weighted by Gasteiger charge is 2.16. The number of ether oxygens (including phenoxy) is 1. The summed E-state index contributed by atoms with van der Waals surface area (Å²) in [6.07, 6.45) is 0. The molecule has 0 radical (unpaired) electrons. The Morgan fingerprint density at radius 2 is 2.00 bits per heavy atom. The summed E-state index contributed by atoms with van der Waals surface area (Å²) in [5, 5.41) is 10.6. The van der Waals surface area contributed by atoms with E-state index in [-0.39, 0.29) is 16.3 Å². The van der Waals surface area contributed by atoms with E-state index < -0.39 is 10.9 Å². The molecular weight excluding hydrogens is 282 g/mol. The highest BCUT2D eigenvalue weighted by molar-refractivity contribution is 6.33. The summed E-state index contributed by atoms with van der Waals surface area (Å²) in [5.74, 6) is -0.264. The summed E-state index contributed by atoms with van der Waals surface area (Å²) in [7, 11) is 0. The third-order valence-corrected chi connectivity index (χ3v) is 2.90. The van der Waals surface area contributed by atoms with Gasteiger partial charge in [0.25, 0.3) is 5.69 Å². The number of esters is 1. The fourth-order valence-electron chi connectivity index (χ4n) is 1.62. The molecule has 0 saturated carbocycles. The van der Waals surface area contributed by atoms with Gasteiger partial charge >= 0.3 is 5.97 Å². The molecule has 20 heavy (non-hydrogen) atoms. The lowest BCUT2D eigenvalue weighted by Crippen LogP contribution is -2.09.